The first kappa shape index (κ1) is 15.8. The van der Waals surface area contributed by atoms with Crippen molar-refractivity contribution in [3.8, 4) is 0 Å². The van der Waals surface area contributed by atoms with Gasteiger partial charge in [-0.3, -0.25) is 0 Å². The molecule has 0 aromatic rings. The minimum Gasteiger partial charge on any atom is -0.479 e. The van der Waals surface area contributed by atoms with Crippen LogP contribution in [-0.2, 0) is 4.79 Å². The molecule has 5 heteroatoms. The number of amides is 2. The van der Waals surface area contributed by atoms with E-state index in [9.17, 15) is 14.7 Å². The molecule has 1 atom stereocenters. The summed E-state index contributed by atoms with van der Waals surface area (Å²) in [7, 11) is 0. The zero-order chi connectivity index (χ0) is 14.7. The Morgan fingerprint density at radius 2 is 2.00 bits per heavy atom. The number of hydrogen-bond acceptors (Lipinski definition) is 2. The zero-order valence-electron chi connectivity index (χ0n) is 12.5. The lowest BCUT2D eigenvalue weighted by atomic mass is 9.92. The first-order valence-corrected chi connectivity index (χ1v) is 7.02. The van der Waals surface area contributed by atoms with E-state index in [0.29, 0.717) is 25.9 Å². The fourth-order valence-corrected chi connectivity index (χ4v) is 2.56. The Kier molecular flexibility index (Phi) is 4.82. The maximum atomic E-state index is 12.2. The van der Waals surface area contributed by atoms with Gasteiger partial charge in [-0.25, -0.2) is 9.59 Å². The van der Waals surface area contributed by atoms with E-state index in [2.05, 4.69) is 26.1 Å². The largest absolute Gasteiger partial charge is 0.479 e. The van der Waals surface area contributed by atoms with Gasteiger partial charge in [-0.1, -0.05) is 27.7 Å². The summed E-state index contributed by atoms with van der Waals surface area (Å²) in [6.07, 6.45) is 2.63. The Labute approximate surface area is 115 Å². The van der Waals surface area contributed by atoms with E-state index in [4.69, 9.17) is 0 Å². The van der Waals surface area contributed by atoms with Crippen molar-refractivity contribution in [2.45, 2.75) is 58.9 Å². The number of nitrogens with zero attached hydrogens (tertiary/aromatic N) is 1. The summed E-state index contributed by atoms with van der Waals surface area (Å²) in [4.78, 5) is 25.1. The average molecular weight is 270 g/mol. The molecule has 1 unspecified atom stereocenters. The highest BCUT2D eigenvalue weighted by atomic mass is 16.4. The number of nitrogens with one attached hydrogen (secondary N) is 1. The van der Waals surface area contributed by atoms with Gasteiger partial charge in [0, 0.05) is 13.1 Å². The molecular formula is C14H26N2O3. The van der Waals surface area contributed by atoms with Gasteiger partial charge in [0.15, 0.2) is 0 Å². The van der Waals surface area contributed by atoms with Crippen LogP contribution in [0.15, 0.2) is 0 Å². The van der Waals surface area contributed by atoms with Crippen LogP contribution < -0.4 is 5.32 Å². The summed E-state index contributed by atoms with van der Waals surface area (Å²) in [6, 6.07) is -0.244. The van der Waals surface area contributed by atoms with Crippen molar-refractivity contribution in [1.82, 2.24) is 10.2 Å². The first-order valence-electron chi connectivity index (χ1n) is 7.02. The van der Waals surface area contributed by atoms with Crippen molar-refractivity contribution >= 4 is 12.0 Å². The van der Waals surface area contributed by atoms with Crippen molar-refractivity contribution in [2.75, 3.05) is 13.1 Å². The van der Waals surface area contributed by atoms with Crippen LogP contribution >= 0.6 is 0 Å². The summed E-state index contributed by atoms with van der Waals surface area (Å²) in [5.41, 5.74) is -0.848. The minimum atomic E-state index is -1.01. The van der Waals surface area contributed by atoms with Gasteiger partial charge in [-0.05, 0) is 31.1 Å². The normalized spacial score (nSPS) is 23.5. The molecule has 0 radical (unpaired) electrons. The molecule has 0 saturated carbocycles. The molecule has 1 rings (SSSR count). The fraction of sp³-hybridized carbons (Fsp3) is 0.857. The van der Waals surface area contributed by atoms with Gasteiger partial charge in [-0.2, -0.15) is 0 Å². The summed E-state index contributed by atoms with van der Waals surface area (Å²) >= 11 is 0. The van der Waals surface area contributed by atoms with Crippen molar-refractivity contribution in [1.29, 1.82) is 0 Å². The molecule has 19 heavy (non-hydrogen) atoms. The van der Waals surface area contributed by atoms with Crippen LogP contribution in [0, 0.1) is 5.41 Å². The van der Waals surface area contributed by atoms with Crippen molar-refractivity contribution in [3.63, 3.8) is 0 Å². The lowest BCUT2D eigenvalue weighted by Crippen LogP contribution is -2.55. The number of hydrogen-bond donors (Lipinski definition) is 2. The minimum absolute atomic E-state index is 0.160. The fourth-order valence-electron chi connectivity index (χ4n) is 2.56. The molecule has 2 N–H and O–H groups in total. The molecule has 1 fully saturated rings. The standard InChI is InChI=1S/C14H26N2O3/c1-5-14(11(17)18)7-6-10-16(14)12(19)15-9-8-13(2,3)4/h5-10H2,1-4H3,(H,15,19)(H,17,18). The molecule has 1 saturated heterocycles. The highest BCUT2D eigenvalue weighted by molar-refractivity contribution is 5.87. The van der Waals surface area contributed by atoms with Gasteiger partial charge in [0.25, 0.3) is 0 Å². The van der Waals surface area contributed by atoms with Gasteiger partial charge in [-0.15, -0.1) is 0 Å². The molecule has 1 aliphatic rings. The molecule has 0 aliphatic carbocycles. The molecule has 0 spiro atoms. The summed E-state index contributed by atoms with van der Waals surface area (Å²) in [5, 5.41) is 12.3. The maximum absolute atomic E-state index is 12.2. The number of rotatable bonds is 4. The van der Waals surface area contributed by atoms with Crippen LogP contribution in [0.3, 0.4) is 0 Å². The van der Waals surface area contributed by atoms with E-state index in [0.717, 1.165) is 12.8 Å². The second kappa shape index (κ2) is 5.80. The molecule has 1 heterocycles. The van der Waals surface area contributed by atoms with Crippen molar-refractivity contribution in [2.24, 2.45) is 5.41 Å². The molecule has 0 bridgehead atoms. The van der Waals surface area contributed by atoms with E-state index < -0.39 is 11.5 Å². The molecular weight excluding hydrogens is 244 g/mol. The van der Waals surface area contributed by atoms with Gasteiger partial charge in [0.05, 0.1) is 0 Å². The Bertz CT molecular complexity index is 349. The molecule has 5 nitrogen and oxygen atoms in total. The predicted octanol–water partition coefficient (Wildman–Crippen LogP) is 2.46. The predicted molar refractivity (Wildman–Crippen MR) is 74.1 cm³/mol. The highest BCUT2D eigenvalue weighted by Gasteiger charge is 2.48. The monoisotopic (exact) mass is 270 g/mol. The number of carbonyl (C=O) groups excluding carboxylic acids is 1. The number of carbonyl (C=O) groups is 2. The van der Waals surface area contributed by atoms with Crippen LogP contribution in [0.5, 0.6) is 0 Å². The third-order valence-electron chi connectivity index (χ3n) is 3.87. The van der Waals surface area contributed by atoms with E-state index in [-0.39, 0.29) is 11.4 Å². The van der Waals surface area contributed by atoms with Gasteiger partial charge >= 0.3 is 12.0 Å². The SMILES string of the molecule is CCC1(C(=O)O)CCCN1C(=O)NCCC(C)(C)C. The van der Waals surface area contributed by atoms with Crippen LogP contribution in [0.1, 0.15) is 53.4 Å². The Balaban J connectivity index is 2.63. The lowest BCUT2D eigenvalue weighted by Gasteiger charge is -2.34. The van der Waals surface area contributed by atoms with E-state index >= 15 is 0 Å². The summed E-state index contributed by atoms with van der Waals surface area (Å²) in [6.45, 7) is 9.28. The summed E-state index contributed by atoms with van der Waals surface area (Å²) in [5.74, 6) is -0.890. The maximum Gasteiger partial charge on any atom is 0.329 e. The molecule has 0 aromatic carbocycles. The van der Waals surface area contributed by atoms with Crippen LogP contribution in [0.4, 0.5) is 4.79 Å². The van der Waals surface area contributed by atoms with Gasteiger partial charge in [0.1, 0.15) is 5.54 Å². The summed E-state index contributed by atoms with van der Waals surface area (Å²) < 4.78 is 0. The second-order valence-corrected chi connectivity index (χ2v) is 6.49. The number of carboxylic acid groups (broad SMARTS) is 1. The average Bonchev–Trinajstić information content (AvgIpc) is 2.71. The number of urea groups is 1. The van der Waals surface area contributed by atoms with E-state index in [1.54, 1.807) is 0 Å². The number of likely N-dealkylation sites (tertiary alicyclic amines) is 1. The van der Waals surface area contributed by atoms with Crippen LogP contribution in [0.25, 0.3) is 0 Å². The zero-order valence-corrected chi connectivity index (χ0v) is 12.5. The van der Waals surface area contributed by atoms with Crippen LogP contribution in [-0.4, -0.2) is 40.6 Å². The quantitative estimate of drug-likeness (QED) is 0.824. The smallest absolute Gasteiger partial charge is 0.329 e. The third kappa shape index (κ3) is 3.61. The number of carboxylic acids is 1. The van der Waals surface area contributed by atoms with E-state index in [1.165, 1.54) is 4.90 Å². The first-order chi connectivity index (χ1) is 8.73. The molecule has 110 valence electrons. The Hall–Kier alpha value is -1.26. The lowest BCUT2D eigenvalue weighted by molar-refractivity contribution is -0.148. The van der Waals surface area contributed by atoms with Gasteiger partial charge in [0.2, 0.25) is 0 Å². The number of aliphatic carboxylic acids is 1. The topological polar surface area (TPSA) is 69.6 Å². The second-order valence-electron chi connectivity index (χ2n) is 6.49. The van der Waals surface area contributed by atoms with Gasteiger partial charge < -0.3 is 15.3 Å². The Morgan fingerprint density at radius 1 is 1.37 bits per heavy atom. The van der Waals surface area contributed by atoms with Crippen LogP contribution in [0.2, 0.25) is 0 Å². The molecule has 2 amide bonds. The van der Waals surface area contributed by atoms with Crippen molar-refractivity contribution < 1.29 is 14.7 Å². The van der Waals surface area contributed by atoms with E-state index in [1.807, 2.05) is 6.92 Å². The highest BCUT2D eigenvalue weighted by Crippen LogP contribution is 2.32. The molecule has 0 aromatic heterocycles. The Morgan fingerprint density at radius 3 is 2.47 bits per heavy atom. The third-order valence-corrected chi connectivity index (χ3v) is 3.87. The molecule has 1 aliphatic heterocycles. The van der Waals surface area contributed by atoms with Crippen molar-refractivity contribution in [3.05, 3.63) is 0 Å².